The monoisotopic (exact) mass is 240 g/mol. The Morgan fingerprint density at radius 2 is 2.24 bits per heavy atom. The van der Waals surface area contributed by atoms with Crippen molar-refractivity contribution in [3.63, 3.8) is 0 Å². The van der Waals surface area contributed by atoms with Gasteiger partial charge < -0.3 is 20.9 Å². The van der Waals surface area contributed by atoms with Crippen LogP contribution in [0, 0.1) is 6.92 Å². The van der Waals surface area contributed by atoms with Gasteiger partial charge in [0, 0.05) is 13.1 Å². The van der Waals surface area contributed by atoms with Crippen LogP contribution < -0.4 is 11.5 Å². The molecule has 0 saturated carbocycles. The van der Waals surface area contributed by atoms with Crippen LogP contribution in [0.1, 0.15) is 17.9 Å². The van der Waals surface area contributed by atoms with E-state index in [0.717, 1.165) is 0 Å². The maximum atomic E-state index is 11.7. The van der Waals surface area contributed by atoms with Crippen molar-refractivity contribution in [2.75, 3.05) is 7.05 Å². The zero-order valence-corrected chi connectivity index (χ0v) is 9.84. The first-order valence-corrected chi connectivity index (χ1v) is 5.11. The number of nitrogens with zero attached hydrogens (tertiary/aromatic N) is 2. The first-order chi connectivity index (χ1) is 7.90. The summed E-state index contributed by atoms with van der Waals surface area (Å²) in [5.74, 6) is -0.289. The van der Waals surface area contributed by atoms with E-state index in [0.29, 0.717) is 11.5 Å². The van der Waals surface area contributed by atoms with Crippen molar-refractivity contribution < 1.29 is 14.1 Å². The van der Waals surface area contributed by atoms with E-state index in [9.17, 15) is 9.59 Å². The smallest absolute Gasteiger partial charge is 0.240 e. The molecule has 4 N–H and O–H groups in total. The largest absolute Gasteiger partial charge is 0.370 e. The molecule has 7 heteroatoms. The van der Waals surface area contributed by atoms with E-state index in [1.54, 1.807) is 20.0 Å². The van der Waals surface area contributed by atoms with E-state index in [2.05, 4.69) is 5.16 Å². The predicted octanol–water partition coefficient (Wildman–Crippen LogP) is -0.856. The summed E-state index contributed by atoms with van der Waals surface area (Å²) in [5.41, 5.74) is 11.1. The van der Waals surface area contributed by atoms with E-state index < -0.39 is 11.9 Å². The molecule has 1 aromatic rings. The molecule has 0 bridgehead atoms. The molecule has 1 heterocycles. The van der Waals surface area contributed by atoms with E-state index >= 15 is 0 Å². The normalized spacial score (nSPS) is 12.2. The number of rotatable bonds is 5. The van der Waals surface area contributed by atoms with Gasteiger partial charge in [-0.1, -0.05) is 5.16 Å². The van der Waals surface area contributed by atoms with Crippen molar-refractivity contribution in [2.24, 2.45) is 11.5 Å². The average molecular weight is 240 g/mol. The number of nitrogens with two attached hydrogens (primary N) is 2. The second kappa shape index (κ2) is 5.44. The summed E-state index contributed by atoms with van der Waals surface area (Å²) >= 11 is 0. The van der Waals surface area contributed by atoms with E-state index in [1.807, 2.05) is 0 Å². The zero-order valence-electron chi connectivity index (χ0n) is 9.84. The lowest BCUT2D eigenvalue weighted by Gasteiger charge is -2.19. The highest BCUT2D eigenvalue weighted by Gasteiger charge is 2.20. The molecule has 17 heavy (non-hydrogen) atoms. The molecule has 1 rings (SSSR count). The van der Waals surface area contributed by atoms with Crippen LogP contribution in [0.5, 0.6) is 0 Å². The highest BCUT2D eigenvalue weighted by atomic mass is 16.5. The molecule has 1 atom stereocenters. The SMILES string of the molecule is Cc1cc(CN(C)C(=O)C(N)CC(N)=O)no1. The molecule has 0 fully saturated rings. The van der Waals surface area contributed by atoms with E-state index in [4.69, 9.17) is 16.0 Å². The number of hydrogen-bond acceptors (Lipinski definition) is 5. The Hall–Kier alpha value is -1.89. The summed E-state index contributed by atoms with van der Waals surface area (Å²) in [5, 5.41) is 3.76. The van der Waals surface area contributed by atoms with Gasteiger partial charge in [0.2, 0.25) is 11.8 Å². The van der Waals surface area contributed by atoms with Gasteiger partial charge in [0.15, 0.2) is 0 Å². The molecular formula is C10H16N4O3. The Morgan fingerprint density at radius 3 is 2.71 bits per heavy atom. The lowest BCUT2D eigenvalue weighted by atomic mass is 10.2. The number of aromatic nitrogens is 1. The van der Waals surface area contributed by atoms with Gasteiger partial charge in [0.1, 0.15) is 11.5 Å². The topological polar surface area (TPSA) is 115 Å². The van der Waals surface area contributed by atoms with Crippen LogP contribution in [-0.2, 0) is 16.1 Å². The zero-order chi connectivity index (χ0) is 13.0. The Balaban J connectivity index is 2.55. The van der Waals surface area contributed by atoms with Crippen LogP contribution in [0.3, 0.4) is 0 Å². The molecule has 0 aliphatic carbocycles. The molecule has 94 valence electrons. The minimum atomic E-state index is -0.912. The Bertz CT molecular complexity index is 415. The molecular weight excluding hydrogens is 224 g/mol. The highest BCUT2D eigenvalue weighted by molar-refractivity contribution is 5.87. The standard InChI is InChI=1S/C10H16N4O3/c1-6-3-7(13-17-6)5-14(2)10(16)8(11)4-9(12)15/h3,8H,4-5,11H2,1-2H3,(H2,12,15). The first-order valence-electron chi connectivity index (χ1n) is 5.11. The number of carbonyl (C=O) groups is 2. The summed E-state index contributed by atoms with van der Waals surface area (Å²) in [6, 6.07) is 0.814. The Morgan fingerprint density at radius 1 is 1.59 bits per heavy atom. The third-order valence-electron chi connectivity index (χ3n) is 2.19. The summed E-state index contributed by atoms with van der Waals surface area (Å²) in [6.45, 7) is 2.04. The summed E-state index contributed by atoms with van der Waals surface area (Å²) in [6.07, 6.45) is -0.166. The van der Waals surface area contributed by atoms with Gasteiger partial charge in [-0.15, -0.1) is 0 Å². The van der Waals surface area contributed by atoms with E-state index in [-0.39, 0.29) is 18.9 Å². The fourth-order valence-electron chi connectivity index (χ4n) is 1.40. The van der Waals surface area contributed by atoms with Gasteiger partial charge >= 0.3 is 0 Å². The quantitative estimate of drug-likeness (QED) is 0.695. The van der Waals surface area contributed by atoms with Crippen molar-refractivity contribution >= 4 is 11.8 Å². The van der Waals surface area contributed by atoms with Crippen LogP contribution in [0.15, 0.2) is 10.6 Å². The molecule has 0 radical (unpaired) electrons. The number of aryl methyl sites for hydroxylation is 1. The van der Waals surface area contributed by atoms with Crippen LogP contribution in [0.25, 0.3) is 0 Å². The van der Waals surface area contributed by atoms with Gasteiger partial charge in [0.05, 0.1) is 19.0 Å². The number of carbonyl (C=O) groups excluding carboxylic acids is 2. The molecule has 0 aliphatic rings. The average Bonchev–Trinajstić information content (AvgIpc) is 2.61. The Labute approximate surface area is 98.7 Å². The molecule has 1 aromatic heterocycles. The fraction of sp³-hybridized carbons (Fsp3) is 0.500. The molecule has 1 unspecified atom stereocenters. The molecule has 0 saturated heterocycles. The van der Waals surface area contributed by atoms with Crippen molar-refractivity contribution in [1.82, 2.24) is 10.1 Å². The molecule has 0 spiro atoms. The number of likely N-dealkylation sites (N-methyl/N-ethyl adjacent to an activating group) is 1. The first kappa shape index (κ1) is 13.2. The number of primary amides is 1. The molecule has 0 aromatic carbocycles. The summed E-state index contributed by atoms with van der Waals surface area (Å²) in [7, 11) is 1.58. The van der Waals surface area contributed by atoms with Crippen LogP contribution in [-0.4, -0.2) is 35.0 Å². The lowest BCUT2D eigenvalue weighted by Crippen LogP contribution is -2.43. The predicted molar refractivity (Wildman–Crippen MR) is 59.5 cm³/mol. The van der Waals surface area contributed by atoms with Gasteiger partial charge in [-0.2, -0.15) is 0 Å². The second-order valence-electron chi connectivity index (χ2n) is 3.90. The second-order valence-corrected chi connectivity index (χ2v) is 3.90. The molecule has 0 aliphatic heterocycles. The van der Waals surface area contributed by atoms with Crippen molar-refractivity contribution in [3.05, 3.63) is 17.5 Å². The minimum absolute atomic E-state index is 0.166. The van der Waals surface area contributed by atoms with Gasteiger partial charge in [-0.3, -0.25) is 9.59 Å². The van der Waals surface area contributed by atoms with Gasteiger partial charge in [-0.05, 0) is 6.92 Å². The maximum absolute atomic E-state index is 11.7. The van der Waals surface area contributed by atoms with Gasteiger partial charge in [0.25, 0.3) is 0 Å². The third kappa shape index (κ3) is 3.87. The van der Waals surface area contributed by atoms with Crippen molar-refractivity contribution in [1.29, 1.82) is 0 Å². The maximum Gasteiger partial charge on any atom is 0.240 e. The van der Waals surface area contributed by atoms with E-state index in [1.165, 1.54) is 4.90 Å². The fourth-order valence-corrected chi connectivity index (χ4v) is 1.40. The van der Waals surface area contributed by atoms with Crippen molar-refractivity contribution in [3.8, 4) is 0 Å². The molecule has 2 amide bonds. The summed E-state index contributed by atoms with van der Waals surface area (Å²) in [4.78, 5) is 23.7. The number of amides is 2. The highest BCUT2D eigenvalue weighted by Crippen LogP contribution is 2.05. The van der Waals surface area contributed by atoms with Gasteiger partial charge in [-0.25, -0.2) is 0 Å². The molecule has 7 nitrogen and oxygen atoms in total. The lowest BCUT2D eigenvalue weighted by molar-refractivity contribution is -0.134. The minimum Gasteiger partial charge on any atom is -0.370 e. The summed E-state index contributed by atoms with van der Waals surface area (Å²) < 4.78 is 4.88. The Kier molecular flexibility index (Phi) is 4.22. The van der Waals surface area contributed by atoms with Crippen molar-refractivity contribution in [2.45, 2.75) is 25.9 Å². The van der Waals surface area contributed by atoms with Crippen LogP contribution >= 0.6 is 0 Å². The van der Waals surface area contributed by atoms with Crippen LogP contribution in [0.2, 0.25) is 0 Å². The van der Waals surface area contributed by atoms with Crippen LogP contribution in [0.4, 0.5) is 0 Å². The third-order valence-corrected chi connectivity index (χ3v) is 2.19. The number of hydrogen-bond donors (Lipinski definition) is 2.